The lowest BCUT2D eigenvalue weighted by molar-refractivity contribution is -0.140. The van der Waals surface area contributed by atoms with Gasteiger partial charge in [0.1, 0.15) is 5.82 Å². The van der Waals surface area contributed by atoms with E-state index in [9.17, 15) is 17.6 Å². The lowest BCUT2D eigenvalue weighted by Gasteiger charge is -2.14. The number of rotatable bonds is 3. The van der Waals surface area contributed by atoms with Gasteiger partial charge in [-0.25, -0.2) is 4.39 Å². The summed E-state index contributed by atoms with van der Waals surface area (Å²) in [6.45, 7) is 1.69. The van der Waals surface area contributed by atoms with Gasteiger partial charge in [0.2, 0.25) is 0 Å². The zero-order valence-corrected chi connectivity index (χ0v) is 14.0. The SMILES string of the molecule is Cc1ccc(NC(=S)NCc2cccc(C(F)(F)F)c2F)c(Cl)c1. The average Bonchev–Trinajstić information content (AvgIpc) is 2.48. The minimum atomic E-state index is -4.74. The van der Waals surface area contributed by atoms with Crippen molar-refractivity contribution in [2.24, 2.45) is 0 Å². The molecule has 2 nitrogen and oxygen atoms in total. The maximum Gasteiger partial charge on any atom is 0.419 e. The molecule has 0 spiro atoms. The Morgan fingerprint density at radius 1 is 1.21 bits per heavy atom. The highest BCUT2D eigenvalue weighted by Gasteiger charge is 2.34. The molecule has 0 heterocycles. The Labute approximate surface area is 146 Å². The van der Waals surface area contributed by atoms with Crippen molar-refractivity contribution in [1.29, 1.82) is 0 Å². The van der Waals surface area contributed by atoms with E-state index < -0.39 is 17.6 Å². The summed E-state index contributed by atoms with van der Waals surface area (Å²) in [5.74, 6) is -1.31. The molecule has 2 aromatic rings. The minimum Gasteiger partial charge on any atom is -0.358 e. The molecular weight excluding hydrogens is 364 g/mol. The molecule has 0 atom stereocenters. The lowest BCUT2D eigenvalue weighted by atomic mass is 10.1. The van der Waals surface area contributed by atoms with Crippen molar-refractivity contribution in [2.75, 3.05) is 5.32 Å². The highest BCUT2D eigenvalue weighted by Crippen LogP contribution is 2.32. The average molecular weight is 377 g/mol. The van der Waals surface area contributed by atoms with Gasteiger partial charge in [-0.15, -0.1) is 0 Å². The molecule has 24 heavy (non-hydrogen) atoms. The third-order valence-electron chi connectivity index (χ3n) is 3.20. The van der Waals surface area contributed by atoms with E-state index in [-0.39, 0.29) is 17.2 Å². The minimum absolute atomic E-state index is 0.123. The van der Waals surface area contributed by atoms with Gasteiger partial charge in [-0.05, 0) is 42.9 Å². The van der Waals surface area contributed by atoms with E-state index in [0.29, 0.717) is 16.8 Å². The molecule has 2 N–H and O–H groups in total. The van der Waals surface area contributed by atoms with Gasteiger partial charge in [0.25, 0.3) is 0 Å². The smallest absolute Gasteiger partial charge is 0.358 e. The van der Waals surface area contributed by atoms with Crippen molar-refractivity contribution >= 4 is 34.6 Å². The predicted molar refractivity (Wildman–Crippen MR) is 90.7 cm³/mol. The molecule has 0 aliphatic carbocycles. The van der Waals surface area contributed by atoms with Crippen LogP contribution in [0.5, 0.6) is 0 Å². The van der Waals surface area contributed by atoms with E-state index in [2.05, 4.69) is 10.6 Å². The van der Waals surface area contributed by atoms with E-state index in [1.807, 2.05) is 13.0 Å². The number of thiocarbonyl (C=S) groups is 1. The Balaban J connectivity index is 2.04. The molecule has 0 bridgehead atoms. The van der Waals surface area contributed by atoms with E-state index >= 15 is 0 Å². The van der Waals surface area contributed by atoms with E-state index in [4.69, 9.17) is 23.8 Å². The van der Waals surface area contributed by atoms with Crippen molar-refractivity contribution in [3.05, 3.63) is 63.9 Å². The monoisotopic (exact) mass is 376 g/mol. The van der Waals surface area contributed by atoms with Crippen LogP contribution in [0.3, 0.4) is 0 Å². The third kappa shape index (κ3) is 4.58. The maximum absolute atomic E-state index is 13.9. The van der Waals surface area contributed by atoms with Crippen LogP contribution < -0.4 is 10.6 Å². The molecule has 2 rings (SSSR count). The van der Waals surface area contributed by atoms with Gasteiger partial charge in [-0.3, -0.25) is 0 Å². The second-order valence-electron chi connectivity index (χ2n) is 5.07. The molecule has 0 saturated carbocycles. The predicted octanol–water partition coefficient (Wildman–Crippen LogP) is 5.29. The summed E-state index contributed by atoms with van der Waals surface area (Å²) in [6, 6.07) is 8.38. The number of alkyl halides is 3. The fraction of sp³-hybridized carbons (Fsp3) is 0.188. The summed E-state index contributed by atoms with van der Waals surface area (Å²) in [5.41, 5.74) is 0.0750. The lowest BCUT2D eigenvalue weighted by Crippen LogP contribution is -2.28. The van der Waals surface area contributed by atoms with E-state index in [1.165, 1.54) is 6.07 Å². The van der Waals surface area contributed by atoms with Crippen LogP contribution in [0.2, 0.25) is 5.02 Å². The summed E-state index contributed by atoms with van der Waals surface area (Å²) < 4.78 is 51.9. The van der Waals surface area contributed by atoms with Crippen molar-refractivity contribution in [3.63, 3.8) is 0 Å². The molecule has 0 fully saturated rings. The molecule has 2 aromatic carbocycles. The summed E-state index contributed by atoms with van der Waals surface area (Å²) in [4.78, 5) is 0. The maximum atomic E-state index is 13.9. The third-order valence-corrected chi connectivity index (χ3v) is 3.76. The van der Waals surface area contributed by atoms with Crippen LogP contribution in [0.25, 0.3) is 0 Å². The Hall–Kier alpha value is -1.86. The van der Waals surface area contributed by atoms with Crippen molar-refractivity contribution in [2.45, 2.75) is 19.6 Å². The molecule has 0 aromatic heterocycles. The number of hydrogen-bond donors (Lipinski definition) is 2. The van der Waals surface area contributed by atoms with Crippen LogP contribution in [0.1, 0.15) is 16.7 Å². The molecule has 0 amide bonds. The molecule has 0 aliphatic rings. The normalized spacial score (nSPS) is 11.2. The van der Waals surface area contributed by atoms with Gasteiger partial charge in [0, 0.05) is 12.1 Å². The fourth-order valence-electron chi connectivity index (χ4n) is 2.00. The Morgan fingerprint density at radius 3 is 2.54 bits per heavy atom. The number of benzene rings is 2. The van der Waals surface area contributed by atoms with Gasteiger partial charge in [0.15, 0.2) is 5.11 Å². The second-order valence-corrected chi connectivity index (χ2v) is 5.88. The highest BCUT2D eigenvalue weighted by atomic mass is 35.5. The molecule has 0 saturated heterocycles. The van der Waals surface area contributed by atoms with Crippen LogP contribution in [0.15, 0.2) is 36.4 Å². The quantitative estimate of drug-likeness (QED) is 0.562. The largest absolute Gasteiger partial charge is 0.419 e. The molecule has 0 radical (unpaired) electrons. The van der Waals surface area contributed by atoms with Gasteiger partial charge < -0.3 is 10.6 Å². The van der Waals surface area contributed by atoms with Crippen molar-refractivity contribution in [3.8, 4) is 0 Å². The fourth-order valence-corrected chi connectivity index (χ4v) is 2.46. The highest BCUT2D eigenvalue weighted by molar-refractivity contribution is 7.80. The zero-order chi connectivity index (χ0) is 17.9. The number of aryl methyl sites for hydroxylation is 1. The number of halogens is 5. The van der Waals surface area contributed by atoms with Gasteiger partial charge in [-0.1, -0.05) is 29.8 Å². The molecule has 128 valence electrons. The number of hydrogen-bond acceptors (Lipinski definition) is 1. The van der Waals surface area contributed by atoms with Crippen LogP contribution >= 0.6 is 23.8 Å². The van der Waals surface area contributed by atoms with Crippen LogP contribution in [-0.2, 0) is 12.7 Å². The Morgan fingerprint density at radius 2 is 1.92 bits per heavy atom. The van der Waals surface area contributed by atoms with Gasteiger partial charge in [-0.2, -0.15) is 13.2 Å². The Bertz CT molecular complexity index is 762. The number of nitrogens with one attached hydrogen (secondary N) is 2. The Kier molecular flexibility index (Phi) is 5.66. The van der Waals surface area contributed by atoms with E-state index in [0.717, 1.165) is 11.6 Å². The number of anilines is 1. The standard InChI is InChI=1S/C16H13ClF4N2S/c1-9-5-6-13(12(17)7-9)23-15(24)22-8-10-3-2-4-11(14(10)18)16(19,20)21/h2-7H,8H2,1H3,(H2,22,23,24). The first-order chi connectivity index (χ1) is 11.2. The molecule has 8 heteroatoms. The summed E-state index contributed by atoms with van der Waals surface area (Å²) in [5, 5.41) is 6.05. The first-order valence-electron chi connectivity index (χ1n) is 6.84. The van der Waals surface area contributed by atoms with Crippen LogP contribution in [-0.4, -0.2) is 5.11 Å². The summed E-state index contributed by atoms with van der Waals surface area (Å²) >= 11 is 11.1. The molecular formula is C16H13ClF4N2S. The van der Waals surface area contributed by atoms with Crippen LogP contribution in [0, 0.1) is 12.7 Å². The molecule has 0 aliphatic heterocycles. The summed E-state index contributed by atoms with van der Waals surface area (Å²) in [6.07, 6.45) is -4.74. The second kappa shape index (κ2) is 7.36. The zero-order valence-electron chi connectivity index (χ0n) is 12.5. The van der Waals surface area contributed by atoms with Crippen molar-refractivity contribution < 1.29 is 17.6 Å². The first kappa shape index (κ1) is 18.5. The van der Waals surface area contributed by atoms with Gasteiger partial charge >= 0.3 is 6.18 Å². The van der Waals surface area contributed by atoms with Crippen molar-refractivity contribution in [1.82, 2.24) is 5.32 Å². The first-order valence-corrected chi connectivity index (χ1v) is 7.62. The topological polar surface area (TPSA) is 24.1 Å². The van der Waals surface area contributed by atoms with Gasteiger partial charge in [0.05, 0.1) is 16.3 Å². The molecule has 0 unspecified atom stereocenters. The van der Waals surface area contributed by atoms with Crippen LogP contribution in [0.4, 0.5) is 23.2 Å². The summed E-state index contributed by atoms with van der Waals surface area (Å²) in [7, 11) is 0. The van der Waals surface area contributed by atoms with E-state index in [1.54, 1.807) is 12.1 Å².